The first-order valence-corrected chi connectivity index (χ1v) is 14.6. The molecule has 8 nitrogen and oxygen atoms in total. The fourth-order valence-corrected chi connectivity index (χ4v) is 5.46. The Morgan fingerprint density at radius 3 is 2.20 bits per heavy atom. The van der Waals surface area contributed by atoms with Gasteiger partial charge in [0.2, 0.25) is 11.8 Å². The Bertz CT molecular complexity index is 1400. The zero-order valence-corrected chi connectivity index (χ0v) is 24.0. The second-order valence-corrected chi connectivity index (χ2v) is 11.5. The molecule has 2 amide bonds. The summed E-state index contributed by atoms with van der Waals surface area (Å²) in [6.07, 6.45) is 0. The van der Waals surface area contributed by atoms with E-state index in [4.69, 9.17) is 4.74 Å². The molecular weight excluding hydrogens is 533 g/mol. The fourth-order valence-electron chi connectivity index (χ4n) is 4.02. The minimum Gasteiger partial charge on any atom is -0.492 e. The second kappa shape index (κ2) is 13.9. The van der Waals surface area contributed by atoms with Crippen molar-refractivity contribution < 1.29 is 27.1 Å². The van der Waals surface area contributed by atoms with Crippen molar-refractivity contribution in [3.8, 4) is 5.75 Å². The molecule has 0 radical (unpaired) electrons. The van der Waals surface area contributed by atoms with Crippen LogP contribution in [0.4, 0.5) is 10.1 Å². The predicted octanol–water partition coefficient (Wildman–Crippen LogP) is 4.61. The minimum absolute atomic E-state index is 0.0162. The van der Waals surface area contributed by atoms with E-state index in [0.29, 0.717) is 6.54 Å². The van der Waals surface area contributed by atoms with Crippen LogP contribution in [0.5, 0.6) is 5.75 Å². The van der Waals surface area contributed by atoms with Crippen LogP contribution in [0.15, 0.2) is 83.8 Å². The first-order valence-electron chi connectivity index (χ1n) is 13.2. The van der Waals surface area contributed by atoms with E-state index in [0.717, 1.165) is 4.31 Å². The van der Waals surface area contributed by atoms with E-state index in [9.17, 15) is 22.4 Å². The highest BCUT2D eigenvalue weighted by Crippen LogP contribution is 2.33. The summed E-state index contributed by atoms with van der Waals surface area (Å²) in [6, 6.07) is 19.2. The largest absolute Gasteiger partial charge is 0.492 e. The van der Waals surface area contributed by atoms with E-state index < -0.39 is 40.2 Å². The van der Waals surface area contributed by atoms with Gasteiger partial charge in [-0.3, -0.25) is 13.9 Å². The Kier molecular flexibility index (Phi) is 10.7. The fraction of sp³-hybridized carbons (Fsp3) is 0.333. The third-order valence-electron chi connectivity index (χ3n) is 6.19. The molecule has 0 aliphatic rings. The predicted molar refractivity (Wildman–Crippen MR) is 153 cm³/mol. The lowest BCUT2D eigenvalue weighted by molar-refractivity contribution is -0.139. The van der Waals surface area contributed by atoms with Crippen molar-refractivity contribution in [3.63, 3.8) is 0 Å². The summed E-state index contributed by atoms with van der Waals surface area (Å²) in [4.78, 5) is 28.2. The van der Waals surface area contributed by atoms with Gasteiger partial charge >= 0.3 is 0 Å². The lowest BCUT2D eigenvalue weighted by Gasteiger charge is -2.32. The maximum Gasteiger partial charge on any atom is 0.264 e. The monoisotopic (exact) mass is 569 g/mol. The van der Waals surface area contributed by atoms with Crippen molar-refractivity contribution in [1.82, 2.24) is 10.2 Å². The summed E-state index contributed by atoms with van der Waals surface area (Å²) in [5, 5.41) is 2.81. The Labute approximate surface area is 235 Å². The quantitative estimate of drug-likeness (QED) is 0.324. The third kappa shape index (κ3) is 7.59. The van der Waals surface area contributed by atoms with Crippen LogP contribution in [0.2, 0.25) is 0 Å². The molecule has 0 saturated carbocycles. The summed E-state index contributed by atoms with van der Waals surface area (Å²) in [5.74, 6) is -1.19. The van der Waals surface area contributed by atoms with Gasteiger partial charge in [0.05, 0.1) is 17.2 Å². The van der Waals surface area contributed by atoms with Gasteiger partial charge in [0, 0.05) is 18.7 Å². The number of carbonyl (C=O) groups excluding carboxylic acids is 2. The maximum absolute atomic E-state index is 14.6. The first-order chi connectivity index (χ1) is 19.1. The highest BCUT2D eigenvalue weighted by molar-refractivity contribution is 7.92. The van der Waals surface area contributed by atoms with Crippen LogP contribution in [-0.2, 0) is 26.2 Å². The number of ether oxygens (including phenoxy) is 1. The van der Waals surface area contributed by atoms with Gasteiger partial charge in [-0.05, 0) is 50.1 Å². The van der Waals surface area contributed by atoms with E-state index in [1.54, 1.807) is 62.4 Å². The van der Waals surface area contributed by atoms with Crippen molar-refractivity contribution in [1.29, 1.82) is 0 Å². The van der Waals surface area contributed by atoms with E-state index in [-0.39, 0.29) is 41.0 Å². The molecule has 0 spiro atoms. The van der Waals surface area contributed by atoms with E-state index in [2.05, 4.69) is 5.32 Å². The molecule has 3 aromatic carbocycles. The van der Waals surface area contributed by atoms with Crippen molar-refractivity contribution in [2.75, 3.05) is 24.0 Å². The average Bonchev–Trinajstić information content (AvgIpc) is 2.94. The molecule has 0 fully saturated rings. The van der Waals surface area contributed by atoms with Crippen LogP contribution in [0.1, 0.15) is 33.3 Å². The number of sulfonamides is 1. The first kappa shape index (κ1) is 30.6. The SMILES string of the molecule is CCOc1ccccc1N(CC(=O)N(Cc1ccccc1F)C(C)C(=O)NCC(C)C)S(=O)(=O)c1ccccc1. The van der Waals surface area contributed by atoms with Gasteiger partial charge in [-0.15, -0.1) is 0 Å². The molecule has 1 unspecified atom stereocenters. The number of amides is 2. The average molecular weight is 570 g/mol. The summed E-state index contributed by atoms with van der Waals surface area (Å²) in [6.45, 7) is 6.98. The van der Waals surface area contributed by atoms with Gasteiger partial charge < -0.3 is 15.0 Å². The minimum atomic E-state index is -4.24. The van der Waals surface area contributed by atoms with Crippen LogP contribution in [0.3, 0.4) is 0 Å². The number of hydrogen-bond acceptors (Lipinski definition) is 5. The molecule has 0 heterocycles. The number of rotatable bonds is 13. The van der Waals surface area contributed by atoms with Gasteiger partial charge in [0.1, 0.15) is 24.2 Å². The molecule has 1 atom stereocenters. The van der Waals surface area contributed by atoms with E-state index in [1.165, 1.54) is 35.2 Å². The van der Waals surface area contributed by atoms with Crippen molar-refractivity contribution in [3.05, 3.63) is 90.2 Å². The van der Waals surface area contributed by atoms with Crippen LogP contribution < -0.4 is 14.4 Å². The Hall–Kier alpha value is -3.92. The molecule has 0 aliphatic carbocycles. The second-order valence-electron chi connectivity index (χ2n) is 9.65. The molecule has 0 bridgehead atoms. The molecule has 0 aromatic heterocycles. The lowest BCUT2D eigenvalue weighted by atomic mass is 10.1. The third-order valence-corrected chi connectivity index (χ3v) is 7.97. The molecule has 3 rings (SSSR count). The summed E-state index contributed by atoms with van der Waals surface area (Å²) in [5.41, 5.74) is 0.371. The molecule has 3 aromatic rings. The maximum atomic E-state index is 14.6. The zero-order valence-electron chi connectivity index (χ0n) is 23.2. The van der Waals surface area contributed by atoms with Gasteiger partial charge in [-0.2, -0.15) is 0 Å². The number of anilines is 1. The number of hydrogen-bond donors (Lipinski definition) is 1. The van der Waals surface area contributed by atoms with Crippen LogP contribution in [0, 0.1) is 11.7 Å². The molecule has 1 N–H and O–H groups in total. The zero-order chi connectivity index (χ0) is 29.3. The molecule has 214 valence electrons. The van der Waals surface area contributed by atoms with Crippen molar-refractivity contribution >= 4 is 27.5 Å². The van der Waals surface area contributed by atoms with Gasteiger partial charge in [-0.25, -0.2) is 12.8 Å². The van der Waals surface area contributed by atoms with Gasteiger partial charge in [0.15, 0.2) is 0 Å². The summed E-state index contributed by atoms with van der Waals surface area (Å²) in [7, 11) is -4.24. The number of nitrogens with one attached hydrogen (secondary N) is 1. The smallest absolute Gasteiger partial charge is 0.264 e. The van der Waals surface area contributed by atoms with Crippen LogP contribution >= 0.6 is 0 Å². The molecule has 40 heavy (non-hydrogen) atoms. The van der Waals surface area contributed by atoms with E-state index >= 15 is 0 Å². The summed E-state index contributed by atoms with van der Waals surface area (Å²) < 4.78 is 49.1. The number of nitrogens with zero attached hydrogens (tertiary/aromatic N) is 2. The normalized spacial score (nSPS) is 12.1. The van der Waals surface area contributed by atoms with Crippen LogP contribution in [-0.4, -0.2) is 50.9 Å². The Balaban J connectivity index is 2.06. The number of benzene rings is 3. The standard InChI is InChI=1S/C30H36FN3O5S/c1-5-39-28-18-12-11-17-27(28)34(40(37,38)25-14-7-6-8-15-25)21-29(35)33(20-24-13-9-10-16-26(24)31)23(4)30(36)32-19-22(2)3/h6-18,22-23H,5,19-21H2,1-4H3,(H,32,36). The van der Waals surface area contributed by atoms with Gasteiger partial charge in [0.25, 0.3) is 10.0 Å². The Morgan fingerprint density at radius 2 is 1.55 bits per heavy atom. The van der Waals surface area contributed by atoms with Crippen molar-refractivity contribution in [2.24, 2.45) is 5.92 Å². The number of para-hydroxylation sites is 2. The molecule has 0 saturated heterocycles. The van der Waals surface area contributed by atoms with Crippen LogP contribution in [0.25, 0.3) is 0 Å². The number of carbonyl (C=O) groups is 2. The van der Waals surface area contributed by atoms with E-state index in [1.807, 2.05) is 13.8 Å². The lowest BCUT2D eigenvalue weighted by Crippen LogP contribution is -2.51. The number of halogens is 1. The highest BCUT2D eigenvalue weighted by Gasteiger charge is 2.34. The van der Waals surface area contributed by atoms with Crippen molar-refractivity contribution in [2.45, 2.75) is 45.2 Å². The molecule has 10 heteroatoms. The Morgan fingerprint density at radius 1 is 0.925 bits per heavy atom. The summed E-state index contributed by atoms with van der Waals surface area (Å²) >= 11 is 0. The van der Waals surface area contributed by atoms with Gasteiger partial charge in [-0.1, -0.05) is 62.4 Å². The molecular formula is C30H36FN3O5S. The molecule has 0 aliphatic heterocycles. The topological polar surface area (TPSA) is 96.0 Å². The highest BCUT2D eigenvalue weighted by atomic mass is 32.2.